The molecule has 1 nitrogen and oxygen atoms in total. The summed E-state index contributed by atoms with van der Waals surface area (Å²) in [5.74, 6) is 2.48. The largest absolute Gasteiger partial charge is 0.319 e. The van der Waals surface area contributed by atoms with E-state index in [9.17, 15) is 0 Å². The van der Waals surface area contributed by atoms with E-state index in [0.717, 1.165) is 24.3 Å². The zero-order chi connectivity index (χ0) is 14.7. The smallest absolute Gasteiger partial charge is 0.00177 e. The normalized spacial score (nSPS) is 26.8. The minimum Gasteiger partial charge on any atom is -0.319 e. The first-order chi connectivity index (χ1) is 9.56. The molecule has 2 rings (SSSR count). The standard InChI is InChI=1S/C19H31N/c1-6-16-7-8-17(12-20-5)19(11-16)18-10-14(3)13(2)9-15(18)4/h9-10,16-17,19-20H,6-8,11-12H2,1-5H3. The highest BCUT2D eigenvalue weighted by atomic mass is 14.8. The van der Waals surface area contributed by atoms with Gasteiger partial charge in [-0.1, -0.05) is 31.9 Å². The fraction of sp³-hybridized carbons (Fsp3) is 0.684. The zero-order valence-electron chi connectivity index (χ0n) is 13.9. The Morgan fingerprint density at radius 1 is 1.05 bits per heavy atom. The summed E-state index contributed by atoms with van der Waals surface area (Å²) in [6, 6.07) is 4.85. The van der Waals surface area contributed by atoms with E-state index in [4.69, 9.17) is 0 Å². The third kappa shape index (κ3) is 3.25. The van der Waals surface area contributed by atoms with Gasteiger partial charge in [0.25, 0.3) is 0 Å². The Morgan fingerprint density at radius 2 is 1.75 bits per heavy atom. The maximum atomic E-state index is 3.42. The molecule has 0 spiro atoms. The van der Waals surface area contributed by atoms with Crippen LogP contribution in [-0.2, 0) is 0 Å². The average molecular weight is 273 g/mol. The monoisotopic (exact) mass is 273 g/mol. The Bertz CT molecular complexity index is 449. The van der Waals surface area contributed by atoms with Gasteiger partial charge < -0.3 is 5.32 Å². The minimum absolute atomic E-state index is 0.750. The molecule has 1 aliphatic rings. The van der Waals surface area contributed by atoms with E-state index in [1.165, 1.54) is 42.4 Å². The summed E-state index contributed by atoms with van der Waals surface area (Å²) in [4.78, 5) is 0. The molecular weight excluding hydrogens is 242 g/mol. The van der Waals surface area contributed by atoms with Gasteiger partial charge in [-0.15, -0.1) is 0 Å². The van der Waals surface area contributed by atoms with Crippen molar-refractivity contribution < 1.29 is 0 Å². The van der Waals surface area contributed by atoms with Crippen LogP contribution in [0.1, 0.15) is 60.8 Å². The first-order valence-electron chi connectivity index (χ1n) is 8.29. The molecule has 1 saturated carbocycles. The van der Waals surface area contributed by atoms with Gasteiger partial charge in [0.2, 0.25) is 0 Å². The molecule has 112 valence electrons. The lowest BCUT2D eigenvalue weighted by molar-refractivity contribution is 0.228. The second-order valence-corrected chi connectivity index (χ2v) is 6.80. The molecule has 0 radical (unpaired) electrons. The lowest BCUT2D eigenvalue weighted by Gasteiger charge is -2.37. The first kappa shape index (κ1) is 15.6. The lowest BCUT2D eigenvalue weighted by Crippen LogP contribution is -2.31. The number of aryl methyl sites for hydroxylation is 3. The van der Waals surface area contributed by atoms with Crippen LogP contribution in [-0.4, -0.2) is 13.6 Å². The summed E-state index contributed by atoms with van der Waals surface area (Å²) in [5.41, 5.74) is 5.99. The quantitative estimate of drug-likeness (QED) is 0.835. The average Bonchev–Trinajstić information content (AvgIpc) is 2.44. The van der Waals surface area contributed by atoms with Gasteiger partial charge in [-0.2, -0.15) is 0 Å². The van der Waals surface area contributed by atoms with Crippen molar-refractivity contribution in [2.24, 2.45) is 11.8 Å². The molecule has 1 aromatic rings. The highest BCUT2D eigenvalue weighted by Crippen LogP contribution is 2.42. The van der Waals surface area contributed by atoms with Crippen molar-refractivity contribution in [1.29, 1.82) is 0 Å². The summed E-state index contributed by atoms with van der Waals surface area (Å²) in [7, 11) is 2.09. The van der Waals surface area contributed by atoms with Gasteiger partial charge in [-0.25, -0.2) is 0 Å². The fourth-order valence-corrected chi connectivity index (χ4v) is 3.96. The molecule has 0 bridgehead atoms. The predicted molar refractivity (Wildman–Crippen MR) is 88.4 cm³/mol. The van der Waals surface area contributed by atoms with Crippen LogP contribution in [0.25, 0.3) is 0 Å². The molecule has 0 aromatic heterocycles. The zero-order valence-corrected chi connectivity index (χ0v) is 13.9. The van der Waals surface area contributed by atoms with E-state index in [-0.39, 0.29) is 0 Å². The molecule has 0 saturated heterocycles. The van der Waals surface area contributed by atoms with Crippen LogP contribution in [0, 0.1) is 32.6 Å². The van der Waals surface area contributed by atoms with E-state index < -0.39 is 0 Å². The highest BCUT2D eigenvalue weighted by molar-refractivity contribution is 5.39. The molecule has 3 atom stereocenters. The third-order valence-electron chi connectivity index (χ3n) is 5.43. The minimum atomic E-state index is 0.750. The lowest BCUT2D eigenvalue weighted by atomic mass is 9.69. The predicted octanol–water partition coefficient (Wildman–Crippen LogP) is 4.74. The Kier molecular flexibility index (Phi) is 5.26. The molecule has 20 heavy (non-hydrogen) atoms. The Balaban J connectivity index is 2.32. The molecule has 1 N–H and O–H groups in total. The van der Waals surface area contributed by atoms with Gasteiger partial charge in [-0.05, 0) is 87.2 Å². The molecule has 0 aliphatic heterocycles. The van der Waals surface area contributed by atoms with Gasteiger partial charge >= 0.3 is 0 Å². The van der Waals surface area contributed by atoms with Crippen LogP contribution >= 0.6 is 0 Å². The van der Waals surface area contributed by atoms with Crippen molar-refractivity contribution in [2.75, 3.05) is 13.6 Å². The van der Waals surface area contributed by atoms with Crippen LogP contribution in [0.4, 0.5) is 0 Å². The number of hydrogen-bond donors (Lipinski definition) is 1. The van der Waals surface area contributed by atoms with Crippen LogP contribution in [0.3, 0.4) is 0 Å². The molecule has 0 amide bonds. The summed E-state index contributed by atoms with van der Waals surface area (Å²) in [5, 5.41) is 3.42. The maximum Gasteiger partial charge on any atom is -0.00177 e. The molecule has 1 aliphatic carbocycles. The second-order valence-electron chi connectivity index (χ2n) is 6.80. The van der Waals surface area contributed by atoms with Crippen molar-refractivity contribution in [2.45, 2.75) is 59.3 Å². The molecule has 1 fully saturated rings. The van der Waals surface area contributed by atoms with Gasteiger partial charge in [0.05, 0.1) is 0 Å². The molecule has 3 unspecified atom stereocenters. The SMILES string of the molecule is CCC1CCC(CNC)C(c2cc(C)c(C)cc2C)C1. The Labute approximate surface area is 125 Å². The van der Waals surface area contributed by atoms with Crippen LogP contribution < -0.4 is 5.32 Å². The van der Waals surface area contributed by atoms with E-state index in [1.54, 1.807) is 5.56 Å². The van der Waals surface area contributed by atoms with Crippen LogP contribution in [0.5, 0.6) is 0 Å². The number of hydrogen-bond acceptors (Lipinski definition) is 1. The van der Waals surface area contributed by atoms with Gasteiger partial charge in [0.1, 0.15) is 0 Å². The molecular formula is C19H31N. The maximum absolute atomic E-state index is 3.42. The van der Waals surface area contributed by atoms with Crippen molar-refractivity contribution in [3.05, 3.63) is 34.4 Å². The number of rotatable bonds is 4. The third-order valence-corrected chi connectivity index (χ3v) is 5.43. The summed E-state index contributed by atoms with van der Waals surface area (Å²) in [6.45, 7) is 10.3. The van der Waals surface area contributed by atoms with Crippen molar-refractivity contribution in [3.63, 3.8) is 0 Å². The highest BCUT2D eigenvalue weighted by Gasteiger charge is 2.31. The molecule has 1 heteroatoms. The Hall–Kier alpha value is -0.820. The molecule has 0 heterocycles. The number of nitrogens with one attached hydrogen (secondary N) is 1. The molecule has 1 aromatic carbocycles. The summed E-state index contributed by atoms with van der Waals surface area (Å²) < 4.78 is 0. The van der Waals surface area contributed by atoms with Gasteiger partial charge in [-0.3, -0.25) is 0 Å². The fourth-order valence-electron chi connectivity index (χ4n) is 3.96. The summed E-state index contributed by atoms with van der Waals surface area (Å²) >= 11 is 0. The van der Waals surface area contributed by atoms with E-state index in [2.05, 4.69) is 52.2 Å². The van der Waals surface area contributed by atoms with E-state index in [1.807, 2.05) is 0 Å². The van der Waals surface area contributed by atoms with Crippen molar-refractivity contribution in [3.8, 4) is 0 Å². The topological polar surface area (TPSA) is 12.0 Å². The Morgan fingerprint density at radius 3 is 2.40 bits per heavy atom. The van der Waals surface area contributed by atoms with Crippen LogP contribution in [0.15, 0.2) is 12.1 Å². The van der Waals surface area contributed by atoms with E-state index >= 15 is 0 Å². The van der Waals surface area contributed by atoms with E-state index in [0.29, 0.717) is 0 Å². The van der Waals surface area contributed by atoms with Gasteiger partial charge in [0.15, 0.2) is 0 Å². The number of benzene rings is 1. The van der Waals surface area contributed by atoms with Gasteiger partial charge in [0, 0.05) is 0 Å². The first-order valence-corrected chi connectivity index (χ1v) is 8.29. The van der Waals surface area contributed by atoms with Crippen molar-refractivity contribution in [1.82, 2.24) is 5.32 Å². The van der Waals surface area contributed by atoms with Crippen LogP contribution in [0.2, 0.25) is 0 Å². The summed E-state index contributed by atoms with van der Waals surface area (Å²) in [6.07, 6.45) is 5.53. The van der Waals surface area contributed by atoms with Crippen molar-refractivity contribution >= 4 is 0 Å². The second kappa shape index (κ2) is 6.76.